The van der Waals surface area contributed by atoms with Gasteiger partial charge in [0.15, 0.2) is 29.2 Å². The smallest absolute Gasteiger partial charge is 0.173 e. The van der Waals surface area contributed by atoms with E-state index in [1.165, 1.54) is 39.2 Å². The van der Waals surface area contributed by atoms with E-state index >= 15 is 0 Å². The van der Waals surface area contributed by atoms with Crippen molar-refractivity contribution >= 4 is 17.4 Å². The molecule has 5 N–H and O–H groups in total. The van der Waals surface area contributed by atoms with E-state index in [2.05, 4.69) is 16.8 Å². The van der Waals surface area contributed by atoms with Crippen LogP contribution >= 0.6 is 0 Å². The molecule has 3 aromatic rings. The number of aliphatic hydroxyl groups is 2. The summed E-state index contributed by atoms with van der Waals surface area (Å²) in [5, 5.41) is 33.2. The van der Waals surface area contributed by atoms with Crippen LogP contribution in [0.3, 0.4) is 0 Å². The fourth-order valence-electron chi connectivity index (χ4n) is 9.22. The molecule has 0 radical (unpaired) electrons. The Morgan fingerprint density at radius 3 is 2.48 bits per heavy atom. The number of pyridine rings is 1. The van der Waals surface area contributed by atoms with E-state index < -0.39 is 35.4 Å². The number of nitrogen functional groups attached to an aromatic ring is 1. The molecule has 0 spiro atoms. The summed E-state index contributed by atoms with van der Waals surface area (Å²) in [6, 6.07) is 17.1. The number of rotatable bonds is 9. The van der Waals surface area contributed by atoms with Gasteiger partial charge in [-0.05, 0) is 109 Å². The lowest BCUT2D eigenvalue weighted by molar-refractivity contribution is -0.142. The van der Waals surface area contributed by atoms with Crippen molar-refractivity contribution in [2.45, 2.75) is 95.5 Å². The third kappa shape index (κ3) is 9.05. The Kier molecular flexibility index (Phi) is 12.7. The molecule has 2 aromatic carbocycles. The average Bonchev–Trinajstić information content (AvgIpc) is 3.33. The molecular weight excluding hydrogens is 652 g/mol. The number of aromatic hydroxyl groups is 1. The topological polar surface area (TPSA) is 143 Å². The number of aryl methyl sites for hydroxylation is 1. The normalized spacial score (nSPS) is 26.4. The molecule has 7 atom stereocenters. The third-order valence-electron chi connectivity index (χ3n) is 12.1. The number of ketones is 2. The molecule has 52 heavy (non-hydrogen) atoms. The number of hydrogen-bond acceptors (Lipinski definition) is 8. The fourth-order valence-corrected chi connectivity index (χ4v) is 9.22. The van der Waals surface area contributed by atoms with Crippen LogP contribution in [0.2, 0.25) is 0 Å². The number of anilines is 1. The van der Waals surface area contributed by atoms with Crippen molar-refractivity contribution in [3.05, 3.63) is 83.0 Å². The molecule has 2 saturated carbocycles. The highest BCUT2D eigenvalue weighted by atomic mass is 16.5. The molecule has 1 heterocycles. The van der Waals surface area contributed by atoms with Gasteiger partial charge in [-0.15, -0.1) is 0 Å². The summed E-state index contributed by atoms with van der Waals surface area (Å²) in [5.74, 6) is 6.11. The largest absolute Gasteiger partial charge is 0.504 e. The number of carbonyl (C=O) groups excluding carboxylic acids is 2. The zero-order valence-corrected chi connectivity index (χ0v) is 30.4. The Hall–Kier alpha value is -4.19. The quantitative estimate of drug-likeness (QED) is 0.140. The monoisotopic (exact) mass is 706 g/mol. The van der Waals surface area contributed by atoms with E-state index in [9.17, 15) is 24.9 Å². The number of aliphatic hydroxyl groups excluding tert-OH is 2. The number of Topliss-reactive ketones (excluding diaryl/α,β-unsaturated/α-hetero) is 2. The van der Waals surface area contributed by atoms with Gasteiger partial charge in [-0.25, -0.2) is 4.98 Å². The summed E-state index contributed by atoms with van der Waals surface area (Å²) in [6.07, 6.45) is 11.0. The van der Waals surface area contributed by atoms with Gasteiger partial charge < -0.3 is 25.8 Å². The minimum atomic E-state index is -1.76. The van der Waals surface area contributed by atoms with Gasteiger partial charge in [0, 0.05) is 31.1 Å². The van der Waals surface area contributed by atoms with Gasteiger partial charge in [-0.1, -0.05) is 80.7 Å². The summed E-state index contributed by atoms with van der Waals surface area (Å²) >= 11 is 0. The zero-order valence-electron chi connectivity index (χ0n) is 30.4. The predicted octanol–water partition coefficient (Wildman–Crippen LogP) is 6.82. The number of carbonyl (C=O) groups is 2. The highest BCUT2D eigenvalue weighted by molar-refractivity contribution is 6.06. The number of aromatic nitrogens is 1. The van der Waals surface area contributed by atoms with Gasteiger partial charge in [-0.3, -0.25) is 9.59 Å². The van der Waals surface area contributed by atoms with E-state index in [-0.39, 0.29) is 48.7 Å². The van der Waals surface area contributed by atoms with E-state index in [0.29, 0.717) is 31.0 Å². The molecule has 1 aromatic heterocycles. The molecule has 3 aliphatic rings. The second kappa shape index (κ2) is 17.6. The number of phenolic OH excluding ortho intramolecular Hbond substituents is 1. The van der Waals surface area contributed by atoms with E-state index in [0.717, 1.165) is 41.5 Å². The molecular formula is C44H54N2O6. The number of fused-ring (bicyclic) bond motifs is 2. The van der Waals surface area contributed by atoms with E-state index in [1.807, 2.05) is 42.5 Å². The Balaban J connectivity index is 1.43. The summed E-state index contributed by atoms with van der Waals surface area (Å²) in [5.41, 5.74) is 9.62. The number of nitrogens with two attached hydrogens (primary N) is 1. The van der Waals surface area contributed by atoms with Crippen LogP contribution in [-0.2, 0) is 22.4 Å². The maximum atomic E-state index is 14.4. The van der Waals surface area contributed by atoms with Crippen LogP contribution in [0.1, 0.15) is 98.8 Å². The summed E-state index contributed by atoms with van der Waals surface area (Å²) in [6.45, 7) is 0.0326. The first-order valence-electron chi connectivity index (χ1n) is 19.3. The Bertz CT molecular complexity index is 1740. The maximum Gasteiger partial charge on any atom is 0.173 e. The molecule has 0 bridgehead atoms. The Morgan fingerprint density at radius 2 is 1.75 bits per heavy atom. The van der Waals surface area contributed by atoms with Gasteiger partial charge >= 0.3 is 0 Å². The number of hydrogen-bond donors (Lipinski definition) is 4. The number of phenols is 1. The van der Waals surface area contributed by atoms with Gasteiger partial charge in [0.1, 0.15) is 5.82 Å². The van der Waals surface area contributed by atoms with Crippen LogP contribution in [0.25, 0.3) is 0 Å². The second-order valence-corrected chi connectivity index (χ2v) is 15.5. The molecule has 6 rings (SSSR count). The van der Waals surface area contributed by atoms with Crippen LogP contribution < -0.4 is 10.5 Å². The SMILES string of the molecule is COc1cc2c(cc1O)[C@@H](c1ccccc1)C#C[C@@H]1C[C@H](Cc3ccnc(N)c3)C[C@@H]([C@H](CO)CCC3CCCCC3)C[C@@H]1C(=O)[C@@H](O)C(=O)CC2. The zero-order chi connectivity index (χ0) is 36.6. The van der Waals surface area contributed by atoms with Crippen LogP contribution in [0.4, 0.5) is 5.82 Å². The highest BCUT2D eigenvalue weighted by Crippen LogP contribution is 2.44. The predicted molar refractivity (Wildman–Crippen MR) is 202 cm³/mol. The minimum absolute atomic E-state index is 0.00238. The van der Waals surface area contributed by atoms with Crippen LogP contribution in [0.15, 0.2) is 60.8 Å². The van der Waals surface area contributed by atoms with Crippen molar-refractivity contribution in [1.82, 2.24) is 4.98 Å². The first-order chi connectivity index (χ1) is 25.2. The Labute approximate surface area is 308 Å². The molecule has 3 aliphatic carbocycles. The number of nitrogens with zero attached hydrogens (tertiary/aromatic N) is 1. The lowest BCUT2D eigenvalue weighted by atomic mass is 9.74. The maximum absolute atomic E-state index is 14.4. The Morgan fingerprint density at radius 1 is 0.962 bits per heavy atom. The fraction of sp³-hybridized carbons (Fsp3) is 0.523. The molecule has 0 amide bonds. The van der Waals surface area contributed by atoms with Crippen molar-refractivity contribution < 1.29 is 29.6 Å². The van der Waals surface area contributed by atoms with Gasteiger partial charge in [0.2, 0.25) is 0 Å². The van der Waals surface area contributed by atoms with Crippen LogP contribution in [-0.4, -0.2) is 51.7 Å². The first-order valence-corrected chi connectivity index (χ1v) is 19.3. The molecule has 0 unspecified atom stereocenters. The van der Waals surface area contributed by atoms with Gasteiger partial charge in [0.05, 0.1) is 13.0 Å². The van der Waals surface area contributed by atoms with E-state index in [1.54, 1.807) is 18.3 Å². The standard InChI is InChI=1S/C44H54N2O6/c1-52-41-25-33-15-17-39(48)44(51)43(50)38-24-35(34(27-47)13-12-28-8-4-2-5-9-28)22-30(20-29-18-19-46-42(45)23-29)21-32(38)14-16-36(37(33)26-40(41)49)31-10-6-3-7-11-31/h3,6-7,10-11,18-19,23,25-26,28,30,32,34-36,38,44,47,49,51H,2,4-5,8-9,12-13,15,17,20-22,24,27H2,1H3,(H2,45,46)/t30-,32+,34-,35+,36+,38-,44-/m0/s1. The first kappa shape index (κ1) is 37.6. The third-order valence-corrected chi connectivity index (χ3v) is 12.1. The minimum Gasteiger partial charge on any atom is -0.504 e. The lowest BCUT2D eigenvalue weighted by Gasteiger charge is -2.31. The summed E-state index contributed by atoms with van der Waals surface area (Å²) in [7, 11) is 1.48. The molecule has 2 fully saturated rings. The second-order valence-electron chi connectivity index (χ2n) is 15.5. The molecule has 276 valence electrons. The van der Waals surface area contributed by atoms with Crippen molar-refractivity contribution in [2.75, 3.05) is 19.5 Å². The van der Waals surface area contributed by atoms with Crippen LogP contribution in [0, 0.1) is 47.3 Å². The average molecular weight is 707 g/mol. The van der Waals surface area contributed by atoms with Crippen molar-refractivity contribution in [3.63, 3.8) is 0 Å². The van der Waals surface area contributed by atoms with Crippen molar-refractivity contribution in [1.29, 1.82) is 0 Å². The van der Waals surface area contributed by atoms with Crippen molar-refractivity contribution in [3.8, 4) is 23.3 Å². The number of benzene rings is 2. The molecule has 0 saturated heterocycles. The lowest BCUT2D eigenvalue weighted by Crippen LogP contribution is -2.39. The molecule has 8 heteroatoms. The molecule has 8 nitrogen and oxygen atoms in total. The number of methoxy groups -OCH3 is 1. The van der Waals surface area contributed by atoms with Gasteiger partial charge in [0.25, 0.3) is 0 Å². The van der Waals surface area contributed by atoms with Gasteiger partial charge in [-0.2, -0.15) is 0 Å². The van der Waals surface area contributed by atoms with E-state index in [4.69, 9.17) is 10.5 Å². The van der Waals surface area contributed by atoms with Crippen molar-refractivity contribution in [2.24, 2.45) is 35.5 Å². The molecule has 0 aliphatic heterocycles. The van der Waals surface area contributed by atoms with Crippen LogP contribution in [0.5, 0.6) is 11.5 Å². The highest BCUT2D eigenvalue weighted by Gasteiger charge is 2.42. The number of ether oxygens (including phenoxy) is 1. The summed E-state index contributed by atoms with van der Waals surface area (Å²) < 4.78 is 5.43. The summed E-state index contributed by atoms with van der Waals surface area (Å²) in [4.78, 5) is 32.2.